The van der Waals surface area contributed by atoms with Gasteiger partial charge in [-0.25, -0.2) is 0 Å². The number of thiophene rings is 1. The first-order chi connectivity index (χ1) is 11.5. The maximum Gasteiger partial charge on any atom is 0.293 e. The summed E-state index contributed by atoms with van der Waals surface area (Å²) in [5, 5.41) is 16.1. The summed E-state index contributed by atoms with van der Waals surface area (Å²) >= 11 is 1.56. The van der Waals surface area contributed by atoms with Crippen LogP contribution in [0.15, 0.2) is 35.7 Å². The minimum absolute atomic E-state index is 0.124. The Balaban J connectivity index is 2.15. The minimum atomic E-state index is -0.495. The van der Waals surface area contributed by atoms with Gasteiger partial charge in [0.15, 0.2) is 0 Å². The van der Waals surface area contributed by atoms with Crippen molar-refractivity contribution in [3.05, 3.63) is 56.3 Å². The Morgan fingerprint density at radius 3 is 2.83 bits per heavy atom. The molecule has 128 valence electrons. The number of carbonyl (C=O) groups is 1. The number of benzene rings is 1. The van der Waals surface area contributed by atoms with Crippen LogP contribution in [0.5, 0.6) is 0 Å². The molecule has 0 unspecified atom stereocenters. The highest BCUT2D eigenvalue weighted by Crippen LogP contribution is 2.26. The van der Waals surface area contributed by atoms with Gasteiger partial charge in [-0.05, 0) is 23.6 Å². The molecule has 0 radical (unpaired) electrons. The third-order valence-corrected chi connectivity index (χ3v) is 4.24. The van der Waals surface area contributed by atoms with Crippen LogP contribution in [0.4, 0.5) is 11.4 Å². The van der Waals surface area contributed by atoms with E-state index in [2.05, 4.69) is 5.32 Å². The van der Waals surface area contributed by atoms with E-state index in [0.29, 0.717) is 25.4 Å². The molecule has 0 aliphatic carbocycles. The Kier molecular flexibility index (Phi) is 6.28. The second kappa shape index (κ2) is 8.42. The molecule has 1 aromatic heterocycles. The summed E-state index contributed by atoms with van der Waals surface area (Å²) in [6, 6.07) is 8.32. The zero-order chi connectivity index (χ0) is 17.5. The highest BCUT2D eigenvalue weighted by Gasteiger charge is 2.19. The lowest BCUT2D eigenvalue weighted by Gasteiger charge is -2.16. The molecular weight excluding hydrogens is 330 g/mol. The predicted octanol–water partition coefficient (Wildman–Crippen LogP) is 2.99. The molecule has 7 nitrogen and oxygen atoms in total. The van der Waals surface area contributed by atoms with Crippen LogP contribution in [-0.4, -0.2) is 43.0 Å². The van der Waals surface area contributed by atoms with E-state index in [1.54, 1.807) is 42.5 Å². The first kappa shape index (κ1) is 17.9. The average molecular weight is 349 g/mol. The molecule has 0 aliphatic heterocycles. The highest BCUT2D eigenvalue weighted by atomic mass is 32.1. The van der Waals surface area contributed by atoms with Crippen LogP contribution in [0.2, 0.25) is 0 Å². The van der Waals surface area contributed by atoms with E-state index in [4.69, 9.17) is 4.74 Å². The maximum absolute atomic E-state index is 12.5. The largest absolute Gasteiger partial charge is 0.383 e. The fourth-order valence-electron chi connectivity index (χ4n) is 2.18. The lowest BCUT2D eigenvalue weighted by molar-refractivity contribution is -0.384. The van der Waals surface area contributed by atoms with Crippen molar-refractivity contribution < 1.29 is 14.5 Å². The standard InChI is InChI=1S/C16H19N3O4S/c1-18(11-13-4-3-9-24-13)16(20)12-5-6-14(17-7-8-23-2)15(10-12)19(21)22/h3-6,9-10,17H,7-8,11H2,1-2H3. The molecule has 1 heterocycles. The minimum Gasteiger partial charge on any atom is -0.383 e. The molecule has 0 saturated heterocycles. The van der Waals surface area contributed by atoms with Crippen molar-refractivity contribution in [1.82, 2.24) is 4.90 Å². The molecule has 2 rings (SSSR count). The Morgan fingerprint density at radius 1 is 1.42 bits per heavy atom. The van der Waals surface area contributed by atoms with Crippen LogP contribution >= 0.6 is 11.3 Å². The predicted molar refractivity (Wildman–Crippen MR) is 93.6 cm³/mol. The Hall–Kier alpha value is -2.45. The van der Waals surface area contributed by atoms with Gasteiger partial charge < -0.3 is 15.0 Å². The van der Waals surface area contributed by atoms with Crippen molar-refractivity contribution >= 4 is 28.6 Å². The highest BCUT2D eigenvalue weighted by molar-refractivity contribution is 7.09. The van der Waals surface area contributed by atoms with Crippen LogP contribution < -0.4 is 5.32 Å². The van der Waals surface area contributed by atoms with Crippen LogP contribution in [0.1, 0.15) is 15.2 Å². The number of nitro benzene ring substituents is 1. The van der Waals surface area contributed by atoms with Crippen molar-refractivity contribution in [2.75, 3.05) is 32.6 Å². The first-order valence-electron chi connectivity index (χ1n) is 7.32. The van der Waals surface area contributed by atoms with Crippen LogP contribution in [-0.2, 0) is 11.3 Å². The van der Waals surface area contributed by atoms with Gasteiger partial charge >= 0.3 is 0 Å². The molecule has 0 spiro atoms. The smallest absolute Gasteiger partial charge is 0.293 e. The number of hydrogen-bond donors (Lipinski definition) is 1. The average Bonchev–Trinajstić information content (AvgIpc) is 3.07. The van der Waals surface area contributed by atoms with E-state index in [0.717, 1.165) is 4.88 Å². The quantitative estimate of drug-likeness (QED) is 0.450. The van der Waals surface area contributed by atoms with Gasteiger partial charge in [-0.2, -0.15) is 0 Å². The van der Waals surface area contributed by atoms with E-state index in [1.807, 2.05) is 17.5 Å². The molecule has 0 fully saturated rings. The number of methoxy groups -OCH3 is 1. The number of nitro groups is 1. The molecule has 2 aromatic rings. The lowest BCUT2D eigenvalue weighted by Crippen LogP contribution is -2.26. The summed E-state index contributed by atoms with van der Waals surface area (Å²) in [6.45, 7) is 1.35. The molecule has 1 N–H and O–H groups in total. The molecule has 0 saturated carbocycles. The van der Waals surface area contributed by atoms with E-state index in [-0.39, 0.29) is 17.2 Å². The second-order valence-corrected chi connectivity index (χ2v) is 6.18. The number of anilines is 1. The molecule has 0 aliphatic rings. The molecule has 0 atom stereocenters. The van der Waals surface area contributed by atoms with Crippen LogP contribution in [0.3, 0.4) is 0 Å². The Morgan fingerprint density at radius 2 is 2.21 bits per heavy atom. The molecule has 1 aromatic carbocycles. The van der Waals surface area contributed by atoms with Gasteiger partial charge in [0.25, 0.3) is 11.6 Å². The van der Waals surface area contributed by atoms with Crippen molar-refractivity contribution in [2.24, 2.45) is 0 Å². The van der Waals surface area contributed by atoms with Gasteiger partial charge in [0.2, 0.25) is 0 Å². The monoisotopic (exact) mass is 349 g/mol. The van der Waals surface area contributed by atoms with Crippen LogP contribution in [0.25, 0.3) is 0 Å². The van der Waals surface area contributed by atoms with Crippen molar-refractivity contribution in [3.8, 4) is 0 Å². The van der Waals surface area contributed by atoms with E-state index in [1.165, 1.54) is 6.07 Å². The molecule has 0 bridgehead atoms. The number of ether oxygens (including phenoxy) is 1. The fourth-order valence-corrected chi connectivity index (χ4v) is 2.94. The van der Waals surface area contributed by atoms with Gasteiger partial charge in [0.1, 0.15) is 5.69 Å². The van der Waals surface area contributed by atoms with Gasteiger partial charge in [-0.3, -0.25) is 14.9 Å². The van der Waals surface area contributed by atoms with Gasteiger partial charge in [0, 0.05) is 37.2 Å². The summed E-state index contributed by atoms with van der Waals surface area (Å²) in [7, 11) is 3.24. The molecule has 24 heavy (non-hydrogen) atoms. The summed E-state index contributed by atoms with van der Waals surface area (Å²) in [6.07, 6.45) is 0. The summed E-state index contributed by atoms with van der Waals surface area (Å²) < 4.78 is 4.92. The molecule has 1 amide bonds. The van der Waals surface area contributed by atoms with Gasteiger partial charge in [0.05, 0.1) is 18.1 Å². The second-order valence-electron chi connectivity index (χ2n) is 5.15. The zero-order valence-electron chi connectivity index (χ0n) is 13.5. The van der Waals surface area contributed by atoms with Crippen molar-refractivity contribution in [3.63, 3.8) is 0 Å². The third kappa shape index (κ3) is 4.53. The van der Waals surface area contributed by atoms with Crippen LogP contribution in [0, 0.1) is 10.1 Å². The number of amides is 1. The SMILES string of the molecule is COCCNc1ccc(C(=O)N(C)Cc2cccs2)cc1[N+](=O)[O-]. The molecular formula is C16H19N3O4S. The number of nitrogens with one attached hydrogen (secondary N) is 1. The van der Waals surface area contributed by atoms with E-state index < -0.39 is 4.92 Å². The van der Waals surface area contributed by atoms with Crippen molar-refractivity contribution in [2.45, 2.75) is 6.54 Å². The number of rotatable bonds is 8. The number of hydrogen-bond acceptors (Lipinski definition) is 6. The summed E-state index contributed by atoms with van der Waals surface area (Å²) in [4.78, 5) is 25.9. The Bertz CT molecular complexity index is 703. The van der Waals surface area contributed by atoms with Gasteiger partial charge in [-0.1, -0.05) is 6.07 Å². The zero-order valence-corrected chi connectivity index (χ0v) is 14.3. The van der Waals surface area contributed by atoms with Gasteiger partial charge in [-0.15, -0.1) is 11.3 Å². The summed E-state index contributed by atoms with van der Waals surface area (Å²) in [5.41, 5.74) is 0.536. The van der Waals surface area contributed by atoms with Crippen molar-refractivity contribution in [1.29, 1.82) is 0 Å². The lowest BCUT2D eigenvalue weighted by atomic mass is 10.1. The molecule has 8 heteroatoms. The maximum atomic E-state index is 12.5. The fraction of sp³-hybridized carbons (Fsp3) is 0.312. The number of nitrogens with zero attached hydrogens (tertiary/aromatic N) is 2. The normalized spacial score (nSPS) is 10.4. The first-order valence-corrected chi connectivity index (χ1v) is 8.20. The topological polar surface area (TPSA) is 84.7 Å². The summed E-state index contributed by atoms with van der Waals surface area (Å²) in [5.74, 6) is -0.255. The number of carbonyl (C=O) groups excluding carboxylic acids is 1. The van der Waals surface area contributed by atoms with E-state index >= 15 is 0 Å². The van der Waals surface area contributed by atoms with E-state index in [9.17, 15) is 14.9 Å². The third-order valence-electron chi connectivity index (χ3n) is 3.38. The Labute approximate surface area is 144 Å².